The number of nitrogens with zero attached hydrogens (tertiary/aromatic N) is 1. The maximum atomic E-state index is 13.1. The molecule has 1 aromatic heterocycles. The first-order valence-corrected chi connectivity index (χ1v) is 8.40. The van der Waals surface area contributed by atoms with Crippen LogP contribution in [0.5, 0.6) is 0 Å². The molecule has 0 spiro atoms. The molecule has 0 saturated carbocycles. The predicted molar refractivity (Wildman–Crippen MR) is 98.3 cm³/mol. The number of fused-ring (bicyclic) bond motifs is 1. The molecule has 1 amide bonds. The van der Waals surface area contributed by atoms with Crippen molar-refractivity contribution in [2.75, 3.05) is 5.32 Å². The zero-order valence-electron chi connectivity index (χ0n) is 14.1. The van der Waals surface area contributed by atoms with Crippen LogP contribution >= 0.6 is 11.6 Å². The van der Waals surface area contributed by atoms with Gasteiger partial charge >= 0.3 is 6.18 Å². The van der Waals surface area contributed by atoms with Crippen LogP contribution in [0.15, 0.2) is 53.5 Å². The fraction of sp³-hybridized carbons (Fsp3) is 0.158. The molecule has 0 atom stereocenters. The second kappa shape index (κ2) is 7.08. The van der Waals surface area contributed by atoms with Crippen LogP contribution in [0.25, 0.3) is 10.9 Å². The molecule has 0 aliphatic heterocycles. The standard InChI is InChI=1S/C19H14ClF3N2O2/c1-2-25-10-13(17(26)12-9-11(20)7-8-16(12)25)18(27)24-15-6-4-3-5-14(15)19(21,22)23/h3-10H,2H2,1H3,(H,24,27). The van der Waals surface area contributed by atoms with Gasteiger partial charge in [-0.05, 0) is 37.3 Å². The molecule has 8 heteroatoms. The molecule has 0 unspecified atom stereocenters. The van der Waals surface area contributed by atoms with Crippen molar-refractivity contribution < 1.29 is 18.0 Å². The third kappa shape index (κ3) is 3.68. The number of aromatic nitrogens is 1. The highest BCUT2D eigenvalue weighted by Gasteiger charge is 2.33. The van der Waals surface area contributed by atoms with E-state index in [2.05, 4.69) is 5.32 Å². The molecule has 0 aliphatic rings. The largest absolute Gasteiger partial charge is 0.418 e. The minimum absolute atomic E-state index is 0.223. The summed E-state index contributed by atoms with van der Waals surface area (Å²) in [7, 11) is 0. The van der Waals surface area contributed by atoms with Crippen molar-refractivity contribution >= 4 is 34.1 Å². The maximum absolute atomic E-state index is 13.1. The molecule has 1 N–H and O–H groups in total. The lowest BCUT2D eigenvalue weighted by Gasteiger charge is -2.15. The van der Waals surface area contributed by atoms with Gasteiger partial charge < -0.3 is 9.88 Å². The van der Waals surface area contributed by atoms with Gasteiger partial charge in [0, 0.05) is 23.2 Å². The lowest BCUT2D eigenvalue weighted by Crippen LogP contribution is -2.25. The van der Waals surface area contributed by atoms with Crippen molar-refractivity contribution in [3.8, 4) is 0 Å². The molecule has 4 nitrogen and oxygen atoms in total. The Morgan fingerprint density at radius 2 is 1.89 bits per heavy atom. The Hall–Kier alpha value is -2.80. The van der Waals surface area contributed by atoms with E-state index in [0.717, 1.165) is 12.1 Å². The van der Waals surface area contributed by atoms with Gasteiger partial charge in [0.2, 0.25) is 5.43 Å². The average Bonchev–Trinajstić information content (AvgIpc) is 2.62. The third-order valence-electron chi connectivity index (χ3n) is 4.11. The fourth-order valence-corrected chi connectivity index (χ4v) is 2.99. The number of alkyl halides is 3. The van der Waals surface area contributed by atoms with E-state index >= 15 is 0 Å². The van der Waals surface area contributed by atoms with Crippen molar-refractivity contribution in [1.29, 1.82) is 0 Å². The Morgan fingerprint density at radius 1 is 1.19 bits per heavy atom. The molecule has 0 fully saturated rings. The number of aryl methyl sites for hydroxylation is 1. The summed E-state index contributed by atoms with van der Waals surface area (Å²) in [4.78, 5) is 25.3. The maximum Gasteiger partial charge on any atom is 0.418 e. The van der Waals surface area contributed by atoms with Crippen LogP contribution in [-0.4, -0.2) is 10.5 Å². The lowest BCUT2D eigenvalue weighted by atomic mass is 10.1. The molecule has 0 aliphatic carbocycles. The SMILES string of the molecule is CCn1cc(C(=O)Nc2ccccc2C(F)(F)F)c(=O)c2cc(Cl)ccc21. The van der Waals surface area contributed by atoms with Crippen LogP contribution < -0.4 is 10.7 Å². The van der Waals surface area contributed by atoms with Gasteiger partial charge in [-0.2, -0.15) is 13.2 Å². The van der Waals surface area contributed by atoms with Crippen LogP contribution in [0, 0.1) is 0 Å². The Kier molecular flexibility index (Phi) is 4.97. The predicted octanol–water partition coefficient (Wildman–Crippen LogP) is 4.95. The second-order valence-corrected chi connectivity index (χ2v) is 6.25. The van der Waals surface area contributed by atoms with Crippen molar-refractivity contribution in [2.45, 2.75) is 19.6 Å². The van der Waals surface area contributed by atoms with Crippen LogP contribution in [0.3, 0.4) is 0 Å². The summed E-state index contributed by atoms with van der Waals surface area (Å²) >= 11 is 5.95. The Bertz CT molecular complexity index is 1090. The number of nitrogens with one attached hydrogen (secondary N) is 1. The Morgan fingerprint density at radius 3 is 2.56 bits per heavy atom. The van der Waals surface area contributed by atoms with Crippen molar-refractivity contribution in [1.82, 2.24) is 4.57 Å². The van der Waals surface area contributed by atoms with Gasteiger partial charge in [0.1, 0.15) is 5.56 Å². The summed E-state index contributed by atoms with van der Waals surface area (Å²) in [5.74, 6) is -0.916. The van der Waals surface area contributed by atoms with Crippen molar-refractivity contribution in [3.05, 3.63) is 75.0 Å². The highest BCUT2D eigenvalue weighted by Crippen LogP contribution is 2.34. The molecule has 140 valence electrons. The fourth-order valence-electron chi connectivity index (χ4n) is 2.82. The van der Waals surface area contributed by atoms with Gasteiger partial charge in [0.05, 0.1) is 16.8 Å². The van der Waals surface area contributed by atoms with E-state index in [4.69, 9.17) is 11.6 Å². The summed E-state index contributed by atoms with van der Waals surface area (Å²) in [5, 5.41) is 2.74. The van der Waals surface area contributed by atoms with Gasteiger partial charge in [0.15, 0.2) is 0 Å². The number of halogens is 4. The molecule has 0 radical (unpaired) electrons. The van der Waals surface area contributed by atoms with Gasteiger partial charge in [-0.25, -0.2) is 0 Å². The average molecular weight is 395 g/mol. The molecule has 0 bridgehead atoms. The highest BCUT2D eigenvalue weighted by atomic mass is 35.5. The molecule has 27 heavy (non-hydrogen) atoms. The zero-order valence-corrected chi connectivity index (χ0v) is 14.9. The van der Waals surface area contributed by atoms with Gasteiger partial charge in [0.25, 0.3) is 5.91 Å². The summed E-state index contributed by atoms with van der Waals surface area (Å²) in [6.45, 7) is 2.27. The smallest absolute Gasteiger partial charge is 0.347 e. The van der Waals surface area contributed by atoms with Crippen LogP contribution in [-0.2, 0) is 12.7 Å². The first-order valence-electron chi connectivity index (χ1n) is 8.02. The van der Waals surface area contributed by atoms with Crippen LogP contribution in [0.1, 0.15) is 22.8 Å². The number of para-hydroxylation sites is 1. The Balaban J connectivity index is 2.10. The Labute approximate surface area is 157 Å². The van der Waals surface area contributed by atoms with E-state index in [9.17, 15) is 22.8 Å². The molecule has 3 rings (SSSR count). The number of pyridine rings is 1. The highest BCUT2D eigenvalue weighted by molar-refractivity contribution is 6.31. The zero-order chi connectivity index (χ0) is 19.8. The number of carbonyl (C=O) groups excluding carboxylic acids is 1. The summed E-state index contributed by atoms with van der Waals surface area (Å²) in [6.07, 6.45) is -3.30. The number of carbonyl (C=O) groups is 1. The summed E-state index contributed by atoms with van der Waals surface area (Å²) in [6, 6.07) is 9.30. The van der Waals surface area contributed by atoms with Crippen LogP contribution in [0.2, 0.25) is 5.02 Å². The first kappa shape index (κ1) is 19.0. The molecule has 2 aromatic carbocycles. The van der Waals surface area contributed by atoms with Crippen molar-refractivity contribution in [2.24, 2.45) is 0 Å². The number of amides is 1. The quantitative estimate of drug-likeness (QED) is 0.683. The van der Waals surface area contributed by atoms with E-state index in [1.165, 1.54) is 24.4 Å². The minimum atomic E-state index is -4.63. The topological polar surface area (TPSA) is 51.1 Å². The van der Waals surface area contributed by atoms with E-state index in [1.54, 1.807) is 16.7 Å². The van der Waals surface area contributed by atoms with Gasteiger partial charge in [-0.3, -0.25) is 9.59 Å². The van der Waals surface area contributed by atoms with E-state index < -0.39 is 28.8 Å². The molecule has 0 saturated heterocycles. The number of rotatable bonds is 3. The van der Waals surface area contributed by atoms with Crippen molar-refractivity contribution in [3.63, 3.8) is 0 Å². The van der Waals surface area contributed by atoms with Gasteiger partial charge in [-0.15, -0.1) is 0 Å². The number of hydrogen-bond donors (Lipinski definition) is 1. The second-order valence-electron chi connectivity index (χ2n) is 5.82. The number of benzene rings is 2. The van der Waals surface area contributed by atoms with E-state index in [1.807, 2.05) is 6.92 Å². The monoisotopic (exact) mass is 394 g/mol. The number of anilines is 1. The molecule has 1 heterocycles. The van der Waals surface area contributed by atoms with E-state index in [-0.39, 0.29) is 10.9 Å². The molecular formula is C19H14ClF3N2O2. The minimum Gasteiger partial charge on any atom is -0.347 e. The molecular weight excluding hydrogens is 381 g/mol. The van der Waals surface area contributed by atoms with E-state index in [0.29, 0.717) is 17.1 Å². The normalized spacial score (nSPS) is 11.6. The third-order valence-corrected chi connectivity index (χ3v) is 4.34. The molecule has 3 aromatic rings. The van der Waals surface area contributed by atoms with Gasteiger partial charge in [-0.1, -0.05) is 23.7 Å². The summed E-state index contributed by atoms with van der Waals surface area (Å²) in [5.41, 5.74) is -1.68. The summed E-state index contributed by atoms with van der Waals surface area (Å²) < 4.78 is 41.0. The number of hydrogen-bond acceptors (Lipinski definition) is 2. The van der Waals surface area contributed by atoms with Crippen LogP contribution in [0.4, 0.5) is 18.9 Å². The first-order chi connectivity index (χ1) is 12.7. The lowest BCUT2D eigenvalue weighted by molar-refractivity contribution is -0.136.